The van der Waals surface area contributed by atoms with Gasteiger partial charge in [-0.15, -0.1) is 0 Å². The molecule has 2 atom stereocenters. The lowest BCUT2D eigenvalue weighted by molar-refractivity contribution is 0.755. The van der Waals surface area contributed by atoms with Gasteiger partial charge < -0.3 is 0 Å². The molecule has 2 unspecified atom stereocenters. The van der Waals surface area contributed by atoms with E-state index in [2.05, 4.69) is 23.9 Å². The van der Waals surface area contributed by atoms with Crippen LogP contribution in [0.5, 0.6) is 0 Å². The zero-order valence-corrected chi connectivity index (χ0v) is 4.95. The summed E-state index contributed by atoms with van der Waals surface area (Å²) in [6, 6.07) is 0. The van der Waals surface area contributed by atoms with Gasteiger partial charge >= 0.3 is 0 Å². The molecule has 1 fully saturated rings. The summed E-state index contributed by atoms with van der Waals surface area (Å²) in [5, 5.41) is 0.907. The summed E-state index contributed by atoms with van der Waals surface area (Å²) in [6.07, 6.45) is 6.14. The third-order valence-electron chi connectivity index (χ3n) is 1.66. The van der Waals surface area contributed by atoms with E-state index in [0.29, 0.717) is 0 Å². The predicted octanol–water partition coefficient (Wildman–Crippen LogP) is 1.68. The van der Waals surface area contributed by atoms with Gasteiger partial charge in [0.15, 0.2) is 0 Å². The summed E-state index contributed by atoms with van der Waals surface area (Å²) in [4.78, 5) is 0. The van der Waals surface area contributed by atoms with Crippen LogP contribution in [0.2, 0.25) is 0 Å². The lowest BCUT2D eigenvalue weighted by Gasteiger charge is -1.97. The first-order chi connectivity index (χ1) is 3.45. The molecular formula is C6H8S. The fourth-order valence-electron chi connectivity index (χ4n) is 1.23. The fourth-order valence-corrected chi connectivity index (χ4v) is 2.56. The van der Waals surface area contributed by atoms with Crippen LogP contribution in [0.3, 0.4) is 0 Å². The molecule has 0 nitrogen and oxygen atoms in total. The Morgan fingerprint density at radius 3 is 2.57 bits per heavy atom. The van der Waals surface area contributed by atoms with Crippen LogP contribution in [0.1, 0.15) is 6.42 Å². The summed E-state index contributed by atoms with van der Waals surface area (Å²) in [6.45, 7) is 0. The molecule has 0 aromatic rings. The molecule has 0 spiro atoms. The zero-order valence-electron chi connectivity index (χ0n) is 4.13. The van der Waals surface area contributed by atoms with Gasteiger partial charge in [-0.3, -0.25) is 0 Å². The number of rotatable bonds is 0. The van der Waals surface area contributed by atoms with Gasteiger partial charge in [0, 0.05) is 11.0 Å². The van der Waals surface area contributed by atoms with Crippen molar-refractivity contribution in [3.05, 3.63) is 12.2 Å². The molecule has 38 valence electrons. The minimum absolute atomic E-state index is 0.907. The summed E-state index contributed by atoms with van der Waals surface area (Å²) in [5.41, 5.74) is 0. The van der Waals surface area contributed by atoms with Gasteiger partial charge in [-0.25, -0.2) is 0 Å². The highest BCUT2D eigenvalue weighted by Gasteiger charge is 2.25. The third-order valence-corrected chi connectivity index (χ3v) is 3.06. The van der Waals surface area contributed by atoms with Crippen molar-refractivity contribution >= 4 is 11.8 Å². The maximum absolute atomic E-state index is 2.36. The van der Waals surface area contributed by atoms with Crippen LogP contribution in [0, 0.1) is 5.92 Å². The maximum Gasteiger partial charge on any atom is 0.0233 e. The van der Waals surface area contributed by atoms with E-state index in [1.165, 1.54) is 12.2 Å². The van der Waals surface area contributed by atoms with Gasteiger partial charge in [0.1, 0.15) is 0 Å². The molecule has 7 heavy (non-hydrogen) atoms. The molecule has 0 aromatic heterocycles. The molecule has 0 amide bonds. The van der Waals surface area contributed by atoms with Crippen molar-refractivity contribution < 1.29 is 0 Å². The predicted molar refractivity (Wildman–Crippen MR) is 33.5 cm³/mol. The molecule has 0 aromatic carbocycles. The van der Waals surface area contributed by atoms with E-state index in [4.69, 9.17) is 0 Å². The van der Waals surface area contributed by atoms with Crippen LogP contribution in [0.25, 0.3) is 0 Å². The van der Waals surface area contributed by atoms with Crippen molar-refractivity contribution in [3.63, 3.8) is 0 Å². The lowest BCUT2D eigenvalue weighted by atomic mass is 10.2. The number of hydrogen-bond acceptors (Lipinski definition) is 1. The Labute approximate surface area is 48.0 Å². The number of thioether (sulfide) groups is 1. The van der Waals surface area contributed by atoms with Crippen molar-refractivity contribution in [2.45, 2.75) is 11.7 Å². The first-order valence-electron chi connectivity index (χ1n) is 2.75. The second-order valence-corrected chi connectivity index (χ2v) is 3.52. The molecule has 2 rings (SSSR count). The summed E-state index contributed by atoms with van der Waals surface area (Å²) >= 11 is 2.11. The van der Waals surface area contributed by atoms with Crippen molar-refractivity contribution in [2.75, 3.05) is 5.75 Å². The molecule has 1 saturated heterocycles. The van der Waals surface area contributed by atoms with Gasteiger partial charge in [-0.2, -0.15) is 11.8 Å². The lowest BCUT2D eigenvalue weighted by Crippen LogP contribution is -1.86. The Balaban J connectivity index is 2.27. The molecule has 0 N–H and O–H groups in total. The van der Waals surface area contributed by atoms with E-state index in [1.54, 1.807) is 0 Å². The fraction of sp³-hybridized carbons (Fsp3) is 0.667. The highest BCUT2D eigenvalue weighted by Crippen LogP contribution is 2.38. The Bertz CT molecular complexity index is 94.7. The first kappa shape index (κ1) is 4.02. The molecule has 1 aliphatic heterocycles. The van der Waals surface area contributed by atoms with E-state index in [-0.39, 0.29) is 0 Å². The van der Waals surface area contributed by atoms with Crippen molar-refractivity contribution in [3.8, 4) is 0 Å². The molecule has 1 heteroatoms. The maximum atomic E-state index is 2.36. The molecule has 1 heterocycles. The largest absolute Gasteiger partial charge is 0.154 e. The topological polar surface area (TPSA) is 0 Å². The average molecular weight is 112 g/mol. The van der Waals surface area contributed by atoms with Crippen LogP contribution in [0.15, 0.2) is 12.2 Å². The van der Waals surface area contributed by atoms with E-state index >= 15 is 0 Å². The highest BCUT2D eigenvalue weighted by molar-refractivity contribution is 8.00. The third kappa shape index (κ3) is 0.513. The van der Waals surface area contributed by atoms with E-state index in [1.807, 2.05) is 0 Å². The van der Waals surface area contributed by atoms with Crippen LogP contribution in [-0.4, -0.2) is 11.0 Å². The van der Waals surface area contributed by atoms with Crippen LogP contribution >= 0.6 is 11.8 Å². The van der Waals surface area contributed by atoms with E-state index in [0.717, 1.165) is 11.2 Å². The number of hydrogen-bond donors (Lipinski definition) is 0. The second-order valence-electron chi connectivity index (χ2n) is 2.25. The molecule has 2 aliphatic rings. The van der Waals surface area contributed by atoms with Crippen LogP contribution in [-0.2, 0) is 0 Å². The van der Waals surface area contributed by atoms with Crippen LogP contribution in [0.4, 0.5) is 0 Å². The van der Waals surface area contributed by atoms with Gasteiger partial charge in [0.05, 0.1) is 0 Å². The monoisotopic (exact) mass is 112 g/mol. The standard InChI is InChI=1S/C6H8S/c1-2-6-3-5(1)4-7-6/h1-2,5-6H,3-4H2. The molecule has 1 aliphatic carbocycles. The van der Waals surface area contributed by atoms with Gasteiger partial charge in [0.25, 0.3) is 0 Å². The SMILES string of the molecule is C1=CC2CC1CS2. The molecule has 0 radical (unpaired) electrons. The Morgan fingerprint density at radius 2 is 2.43 bits per heavy atom. The minimum Gasteiger partial charge on any atom is -0.154 e. The second kappa shape index (κ2) is 1.28. The minimum atomic E-state index is 0.907. The van der Waals surface area contributed by atoms with Gasteiger partial charge in [-0.1, -0.05) is 12.2 Å². The number of fused-ring (bicyclic) bond motifs is 2. The molecule has 2 bridgehead atoms. The average Bonchev–Trinajstić information content (AvgIpc) is 2.22. The number of allylic oxidation sites excluding steroid dienone is 1. The smallest absolute Gasteiger partial charge is 0.0233 e. The quantitative estimate of drug-likeness (QED) is 0.430. The zero-order chi connectivity index (χ0) is 4.69. The summed E-state index contributed by atoms with van der Waals surface area (Å²) in [7, 11) is 0. The van der Waals surface area contributed by atoms with Crippen LogP contribution < -0.4 is 0 Å². The Kier molecular flexibility index (Phi) is 0.736. The van der Waals surface area contributed by atoms with Crippen molar-refractivity contribution in [1.82, 2.24) is 0 Å². The Hall–Kier alpha value is 0.0900. The Morgan fingerprint density at radius 1 is 1.43 bits per heavy atom. The first-order valence-corrected chi connectivity index (χ1v) is 3.80. The summed E-state index contributed by atoms with van der Waals surface area (Å²) in [5.74, 6) is 2.34. The van der Waals surface area contributed by atoms with Gasteiger partial charge in [0.2, 0.25) is 0 Å². The van der Waals surface area contributed by atoms with Crippen molar-refractivity contribution in [1.29, 1.82) is 0 Å². The highest BCUT2D eigenvalue weighted by atomic mass is 32.2. The molecule has 0 saturated carbocycles. The van der Waals surface area contributed by atoms with E-state index in [9.17, 15) is 0 Å². The van der Waals surface area contributed by atoms with Gasteiger partial charge in [-0.05, 0) is 12.3 Å². The molecular weight excluding hydrogens is 104 g/mol. The normalized spacial score (nSPS) is 45.7. The van der Waals surface area contributed by atoms with E-state index < -0.39 is 0 Å². The van der Waals surface area contributed by atoms with Crippen molar-refractivity contribution in [2.24, 2.45) is 5.92 Å². The summed E-state index contributed by atoms with van der Waals surface area (Å²) < 4.78 is 0.